The molecule has 13 heavy (non-hydrogen) atoms. The van der Waals surface area contributed by atoms with Crippen LogP contribution in [0, 0.1) is 0 Å². The Balaban J connectivity index is 2.25. The number of nitrogens with one attached hydrogen (secondary N) is 2. The normalized spacial score (nSPS) is 23.2. The molecular weight excluding hydrogens is 168 g/mol. The topological polar surface area (TPSA) is 50.4 Å². The molecule has 1 aliphatic rings. The molecule has 0 radical (unpaired) electrons. The van der Waals surface area contributed by atoms with Gasteiger partial charge in [0.2, 0.25) is 0 Å². The van der Waals surface area contributed by atoms with Crippen LogP contribution in [0.1, 0.15) is 33.6 Å². The summed E-state index contributed by atoms with van der Waals surface area (Å²) in [5.41, 5.74) is 2.14. The van der Waals surface area contributed by atoms with E-state index in [4.69, 9.17) is 4.84 Å². The fourth-order valence-corrected chi connectivity index (χ4v) is 1.18. The first-order chi connectivity index (χ1) is 5.99. The number of carbonyl (C=O) groups is 1. The lowest BCUT2D eigenvalue weighted by Crippen LogP contribution is -2.43. The van der Waals surface area contributed by atoms with E-state index in [1.54, 1.807) is 0 Å². The zero-order chi connectivity index (χ0) is 9.90. The van der Waals surface area contributed by atoms with E-state index < -0.39 is 0 Å². The largest absolute Gasteiger partial charge is 0.306 e. The second-order valence-electron chi connectivity index (χ2n) is 4.33. The molecule has 0 spiro atoms. The van der Waals surface area contributed by atoms with Crippen molar-refractivity contribution in [3.8, 4) is 0 Å². The van der Waals surface area contributed by atoms with Crippen LogP contribution in [0.5, 0.6) is 0 Å². The quantitative estimate of drug-likeness (QED) is 0.620. The van der Waals surface area contributed by atoms with Gasteiger partial charge in [0.05, 0.1) is 11.6 Å². The fraction of sp³-hybridized carbons (Fsp3) is 0.889. The zero-order valence-electron chi connectivity index (χ0n) is 8.52. The molecule has 0 unspecified atom stereocenters. The van der Waals surface area contributed by atoms with Gasteiger partial charge in [0, 0.05) is 0 Å². The van der Waals surface area contributed by atoms with E-state index in [0.29, 0.717) is 0 Å². The molecule has 0 saturated carbocycles. The van der Waals surface area contributed by atoms with Crippen LogP contribution in [0.25, 0.3) is 0 Å². The second kappa shape index (κ2) is 4.07. The molecule has 0 aromatic rings. The first-order valence-corrected chi connectivity index (χ1v) is 4.70. The standard InChI is InChI=1S/C9H18N2O2/c1-9(2,3)13-11-8(12)7-5-4-6-10-7/h7,10H,4-6H2,1-3H3,(H,11,12)/t7-/m0/s1. The van der Waals surface area contributed by atoms with Gasteiger partial charge in [-0.2, -0.15) is 0 Å². The van der Waals surface area contributed by atoms with E-state index in [0.717, 1.165) is 19.4 Å². The summed E-state index contributed by atoms with van der Waals surface area (Å²) in [4.78, 5) is 16.6. The van der Waals surface area contributed by atoms with Gasteiger partial charge in [0.1, 0.15) is 0 Å². The van der Waals surface area contributed by atoms with Crippen molar-refractivity contribution in [2.45, 2.75) is 45.3 Å². The minimum Gasteiger partial charge on any atom is -0.306 e. The van der Waals surface area contributed by atoms with E-state index in [-0.39, 0.29) is 17.6 Å². The third kappa shape index (κ3) is 3.74. The summed E-state index contributed by atoms with van der Waals surface area (Å²) in [5, 5.41) is 3.10. The van der Waals surface area contributed by atoms with Crippen molar-refractivity contribution in [2.75, 3.05) is 6.54 Å². The molecule has 4 heteroatoms. The van der Waals surface area contributed by atoms with Crippen LogP contribution in [-0.4, -0.2) is 24.1 Å². The van der Waals surface area contributed by atoms with E-state index in [2.05, 4.69) is 10.8 Å². The van der Waals surface area contributed by atoms with Gasteiger partial charge in [-0.05, 0) is 40.2 Å². The van der Waals surface area contributed by atoms with Crippen LogP contribution in [-0.2, 0) is 9.63 Å². The van der Waals surface area contributed by atoms with Crippen molar-refractivity contribution in [1.82, 2.24) is 10.8 Å². The smallest absolute Gasteiger partial charge is 0.260 e. The molecule has 2 N–H and O–H groups in total. The Labute approximate surface area is 79.0 Å². The third-order valence-corrected chi connectivity index (χ3v) is 1.83. The Morgan fingerprint density at radius 2 is 2.23 bits per heavy atom. The molecule has 1 atom stereocenters. The minimum absolute atomic E-state index is 0.0626. The van der Waals surface area contributed by atoms with Gasteiger partial charge in [-0.15, -0.1) is 0 Å². The van der Waals surface area contributed by atoms with Crippen molar-refractivity contribution in [2.24, 2.45) is 0 Å². The maximum Gasteiger partial charge on any atom is 0.260 e. The van der Waals surface area contributed by atoms with Crippen LogP contribution in [0.2, 0.25) is 0 Å². The SMILES string of the molecule is CC(C)(C)ONC(=O)[C@@H]1CCCN1. The van der Waals surface area contributed by atoms with Gasteiger partial charge >= 0.3 is 0 Å². The molecule has 1 aliphatic heterocycles. The molecule has 1 amide bonds. The summed E-state index contributed by atoms with van der Waals surface area (Å²) in [6.07, 6.45) is 1.97. The highest BCUT2D eigenvalue weighted by atomic mass is 16.7. The first kappa shape index (κ1) is 10.5. The number of hydroxylamine groups is 1. The van der Waals surface area contributed by atoms with Crippen LogP contribution in [0.4, 0.5) is 0 Å². The molecule has 1 heterocycles. The zero-order valence-corrected chi connectivity index (χ0v) is 8.52. The Hall–Kier alpha value is -0.610. The molecular formula is C9H18N2O2. The molecule has 1 fully saturated rings. The van der Waals surface area contributed by atoms with Gasteiger partial charge in [-0.3, -0.25) is 9.63 Å². The van der Waals surface area contributed by atoms with Crippen molar-refractivity contribution < 1.29 is 9.63 Å². The van der Waals surface area contributed by atoms with Crippen molar-refractivity contribution >= 4 is 5.91 Å². The molecule has 0 bridgehead atoms. The summed E-state index contributed by atoms with van der Waals surface area (Å²) in [6, 6.07) is -0.0673. The summed E-state index contributed by atoms with van der Waals surface area (Å²) >= 11 is 0. The lowest BCUT2D eigenvalue weighted by atomic mass is 10.2. The van der Waals surface area contributed by atoms with Gasteiger partial charge in [-0.1, -0.05) is 0 Å². The van der Waals surface area contributed by atoms with Gasteiger partial charge in [0.15, 0.2) is 0 Å². The molecule has 1 saturated heterocycles. The molecule has 76 valence electrons. The summed E-state index contributed by atoms with van der Waals surface area (Å²) in [7, 11) is 0. The highest BCUT2D eigenvalue weighted by Gasteiger charge is 2.23. The van der Waals surface area contributed by atoms with Crippen LogP contribution < -0.4 is 10.8 Å². The minimum atomic E-state index is -0.325. The molecule has 0 aliphatic carbocycles. The van der Waals surface area contributed by atoms with E-state index in [9.17, 15) is 4.79 Å². The van der Waals surface area contributed by atoms with Crippen molar-refractivity contribution in [3.63, 3.8) is 0 Å². The van der Waals surface area contributed by atoms with E-state index >= 15 is 0 Å². The monoisotopic (exact) mass is 186 g/mol. The van der Waals surface area contributed by atoms with Crippen molar-refractivity contribution in [3.05, 3.63) is 0 Å². The number of carbonyl (C=O) groups excluding carboxylic acids is 1. The van der Waals surface area contributed by atoms with Crippen LogP contribution >= 0.6 is 0 Å². The molecule has 0 aromatic heterocycles. The summed E-state index contributed by atoms with van der Waals surface area (Å²) < 4.78 is 0. The lowest BCUT2D eigenvalue weighted by molar-refractivity contribution is -0.147. The number of hydrogen-bond donors (Lipinski definition) is 2. The first-order valence-electron chi connectivity index (χ1n) is 4.70. The van der Waals surface area contributed by atoms with Gasteiger partial charge < -0.3 is 5.32 Å². The predicted octanol–water partition coefficient (Wildman–Crippen LogP) is 0.585. The third-order valence-electron chi connectivity index (χ3n) is 1.83. The van der Waals surface area contributed by atoms with Crippen LogP contribution in [0.3, 0.4) is 0 Å². The van der Waals surface area contributed by atoms with Crippen molar-refractivity contribution in [1.29, 1.82) is 0 Å². The highest BCUT2D eigenvalue weighted by Crippen LogP contribution is 2.07. The Morgan fingerprint density at radius 1 is 1.54 bits per heavy atom. The maximum atomic E-state index is 11.4. The lowest BCUT2D eigenvalue weighted by Gasteiger charge is -2.20. The Kier molecular flexibility index (Phi) is 3.27. The second-order valence-corrected chi connectivity index (χ2v) is 4.33. The number of amides is 1. The van der Waals surface area contributed by atoms with Crippen LogP contribution in [0.15, 0.2) is 0 Å². The molecule has 4 nitrogen and oxygen atoms in total. The molecule has 0 aromatic carbocycles. The Bertz CT molecular complexity index is 181. The highest BCUT2D eigenvalue weighted by molar-refractivity contribution is 5.81. The number of rotatable bonds is 2. The Morgan fingerprint density at radius 3 is 2.69 bits per heavy atom. The number of hydrogen-bond acceptors (Lipinski definition) is 3. The van der Waals surface area contributed by atoms with Gasteiger partial charge in [0.25, 0.3) is 5.91 Å². The predicted molar refractivity (Wildman–Crippen MR) is 50.0 cm³/mol. The average molecular weight is 186 g/mol. The van der Waals surface area contributed by atoms with E-state index in [1.165, 1.54) is 0 Å². The average Bonchev–Trinajstić information content (AvgIpc) is 2.50. The summed E-state index contributed by atoms with van der Waals surface area (Å²) in [6.45, 7) is 6.62. The fourth-order valence-electron chi connectivity index (χ4n) is 1.18. The maximum absolute atomic E-state index is 11.4. The molecule has 1 rings (SSSR count). The van der Waals surface area contributed by atoms with E-state index in [1.807, 2.05) is 20.8 Å². The van der Waals surface area contributed by atoms with Gasteiger partial charge in [-0.25, -0.2) is 5.48 Å². The summed E-state index contributed by atoms with van der Waals surface area (Å²) in [5.74, 6) is -0.0626.